The van der Waals surface area contributed by atoms with Gasteiger partial charge in [-0.3, -0.25) is 9.52 Å². The molecule has 1 amide bonds. The molecule has 6 nitrogen and oxygen atoms in total. The molecule has 0 spiro atoms. The predicted molar refractivity (Wildman–Crippen MR) is 117 cm³/mol. The van der Waals surface area contributed by atoms with Gasteiger partial charge in [0.05, 0.1) is 12.0 Å². The maximum Gasteiger partial charge on any atom is 0.262 e. The van der Waals surface area contributed by atoms with Crippen LogP contribution in [0.4, 0.5) is 11.4 Å². The fraction of sp³-hybridized carbons (Fsp3) is 0.435. The zero-order valence-corrected chi connectivity index (χ0v) is 18.2. The van der Waals surface area contributed by atoms with Crippen LogP contribution in [-0.2, 0) is 14.8 Å². The maximum atomic E-state index is 12.9. The summed E-state index contributed by atoms with van der Waals surface area (Å²) in [6.45, 7) is 1.74. The van der Waals surface area contributed by atoms with Crippen LogP contribution in [-0.4, -0.2) is 21.4 Å². The van der Waals surface area contributed by atoms with E-state index in [0.717, 1.165) is 12.3 Å². The molecule has 2 aliphatic rings. The fourth-order valence-corrected chi connectivity index (χ4v) is 6.24. The summed E-state index contributed by atoms with van der Waals surface area (Å²) in [6, 6.07) is 11.7. The number of rotatable bonds is 7. The molecular weight excluding hydrogens is 400 g/mol. The Hall–Kier alpha value is -2.54. The van der Waals surface area contributed by atoms with Crippen molar-refractivity contribution in [1.82, 2.24) is 0 Å². The number of anilines is 2. The standard InChI is InChI=1S/C23H28N2O4S/c1-15-3-6-20(24-23(26)13-18-12-16-4-5-17(18)11-16)14-22(15)30(27,28)25-19-7-9-21(29-2)10-8-19/h3,6-10,14,16-18,25H,4-5,11-13H2,1-2H3,(H,24,26)/t16-,17-,18+/m1/s1. The average molecular weight is 429 g/mol. The SMILES string of the molecule is COc1ccc(NS(=O)(=O)c2cc(NC(=O)C[C@@H]3C[C@@H]4CC[C@@H]3C4)ccc2C)cc1. The first-order valence-corrected chi connectivity index (χ1v) is 11.9. The zero-order valence-electron chi connectivity index (χ0n) is 17.4. The van der Waals surface area contributed by atoms with Crippen molar-refractivity contribution in [3.8, 4) is 5.75 Å². The predicted octanol–water partition coefficient (Wildman–Crippen LogP) is 4.57. The maximum absolute atomic E-state index is 12.9. The average Bonchev–Trinajstić information content (AvgIpc) is 3.33. The van der Waals surface area contributed by atoms with Gasteiger partial charge in [0.1, 0.15) is 5.75 Å². The van der Waals surface area contributed by atoms with Crippen molar-refractivity contribution in [1.29, 1.82) is 0 Å². The van der Waals surface area contributed by atoms with E-state index in [4.69, 9.17) is 4.74 Å². The minimum Gasteiger partial charge on any atom is -0.497 e. The van der Waals surface area contributed by atoms with E-state index in [1.54, 1.807) is 50.4 Å². The lowest BCUT2D eigenvalue weighted by Crippen LogP contribution is -2.21. The highest BCUT2D eigenvalue weighted by Gasteiger charge is 2.40. The largest absolute Gasteiger partial charge is 0.497 e. The normalized spacial score (nSPS) is 22.7. The first kappa shape index (κ1) is 20.7. The molecule has 30 heavy (non-hydrogen) atoms. The van der Waals surface area contributed by atoms with E-state index >= 15 is 0 Å². The number of benzene rings is 2. The van der Waals surface area contributed by atoms with Gasteiger partial charge in [-0.2, -0.15) is 0 Å². The monoisotopic (exact) mass is 428 g/mol. The highest BCUT2D eigenvalue weighted by molar-refractivity contribution is 7.92. The molecule has 2 aliphatic carbocycles. The lowest BCUT2D eigenvalue weighted by Gasteiger charge is -2.21. The van der Waals surface area contributed by atoms with Crippen LogP contribution < -0.4 is 14.8 Å². The first-order valence-electron chi connectivity index (χ1n) is 10.4. The Morgan fingerprint density at radius 1 is 1.07 bits per heavy atom. The molecule has 2 aromatic rings. The van der Waals surface area contributed by atoms with Gasteiger partial charge in [-0.05, 0) is 85.9 Å². The van der Waals surface area contributed by atoms with Crippen molar-refractivity contribution >= 4 is 27.3 Å². The van der Waals surface area contributed by atoms with Crippen LogP contribution in [0.2, 0.25) is 0 Å². The smallest absolute Gasteiger partial charge is 0.262 e. The zero-order chi connectivity index (χ0) is 21.3. The van der Waals surface area contributed by atoms with E-state index in [-0.39, 0.29) is 10.8 Å². The molecular formula is C23H28N2O4S. The minimum atomic E-state index is -3.79. The lowest BCUT2D eigenvalue weighted by molar-refractivity contribution is -0.117. The number of methoxy groups -OCH3 is 1. The molecule has 0 heterocycles. The molecule has 2 bridgehead atoms. The molecule has 4 rings (SSSR count). The number of fused-ring (bicyclic) bond motifs is 2. The molecule has 2 saturated carbocycles. The molecule has 7 heteroatoms. The quantitative estimate of drug-likeness (QED) is 0.677. The highest BCUT2D eigenvalue weighted by atomic mass is 32.2. The summed E-state index contributed by atoms with van der Waals surface area (Å²) in [7, 11) is -2.24. The summed E-state index contributed by atoms with van der Waals surface area (Å²) in [5, 5.41) is 2.90. The van der Waals surface area contributed by atoms with Gasteiger partial charge in [-0.15, -0.1) is 0 Å². The van der Waals surface area contributed by atoms with Crippen LogP contribution >= 0.6 is 0 Å². The van der Waals surface area contributed by atoms with Gasteiger partial charge in [0.25, 0.3) is 10.0 Å². The molecule has 2 fully saturated rings. The number of amides is 1. The number of hydrogen-bond donors (Lipinski definition) is 2. The van der Waals surface area contributed by atoms with Crippen LogP contribution in [0.3, 0.4) is 0 Å². The number of nitrogens with one attached hydrogen (secondary N) is 2. The van der Waals surface area contributed by atoms with Crippen molar-refractivity contribution in [2.24, 2.45) is 17.8 Å². The van der Waals surface area contributed by atoms with Crippen LogP contribution in [0.15, 0.2) is 47.4 Å². The van der Waals surface area contributed by atoms with Gasteiger partial charge in [0, 0.05) is 17.8 Å². The second-order valence-electron chi connectivity index (χ2n) is 8.50. The fourth-order valence-electron chi connectivity index (χ4n) is 4.91. The molecule has 3 atom stereocenters. The molecule has 0 aliphatic heterocycles. The second-order valence-corrected chi connectivity index (χ2v) is 10.2. The summed E-state index contributed by atoms with van der Waals surface area (Å²) >= 11 is 0. The Labute approximate surface area is 178 Å². The van der Waals surface area contributed by atoms with Gasteiger partial charge < -0.3 is 10.1 Å². The Kier molecular flexibility index (Phi) is 5.73. The third kappa shape index (κ3) is 4.46. The van der Waals surface area contributed by atoms with E-state index in [1.165, 1.54) is 25.3 Å². The summed E-state index contributed by atoms with van der Waals surface area (Å²) in [5.74, 6) is 2.56. The van der Waals surface area contributed by atoms with Crippen molar-refractivity contribution in [3.63, 3.8) is 0 Å². The van der Waals surface area contributed by atoms with Crippen molar-refractivity contribution in [3.05, 3.63) is 48.0 Å². The van der Waals surface area contributed by atoms with Gasteiger partial charge >= 0.3 is 0 Å². The van der Waals surface area contributed by atoms with E-state index in [1.807, 2.05) is 0 Å². The molecule has 2 N–H and O–H groups in total. The lowest BCUT2D eigenvalue weighted by atomic mass is 9.86. The van der Waals surface area contributed by atoms with Gasteiger partial charge in [-0.25, -0.2) is 8.42 Å². The molecule has 0 unspecified atom stereocenters. The van der Waals surface area contributed by atoms with E-state index in [9.17, 15) is 13.2 Å². The van der Waals surface area contributed by atoms with E-state index < -0.39 is 10.0 Å². The number of aryl methyl sites for hydroxylation is 1. The van der Waals surface area contributed by atoms with Crippen LogP contribution in [0, 0.1) is 24.7 Å². The highest BCUT2D eigenvalue weighted by Crippen LogP contribution is 2.49. The number of hydrogen-bond acceptors (Lipinski definition) is 4. The number of carbonyl (C=O) groups is 1. The van der Waals surface area contributed by atoms with Gasteiger partial charge in [0.15, 0.2) is 0 Å². The molecule has 0 saturated heterocycles. The van der Waals surface area contributed by atoms with Crippen LogP contribution in [0.1, 0.15) is 37.7 Å². The first-order chi connectivity index (χ1) is 14.3. The van der Waals surface area contributed by atoms with Crippen molar-refractivity contribution in [2.45, 2.75) is 43.9 Å². The Bertz CT molecular complexity index is 1030. The van der Waals surface area contributed by atoms with Gasteiger partial charge in [-0.1, -0.05) is 12.5 Å². The summed E-state index contributed by atoms with van der Waals surface area (Å²) in [5.41, 5.74) is 1.56. The second kappa shape index (κ2) is 8.30. The third-order valence-corrected chi connectivity index (χ3v) is 7.96. The topological polar surface area (TPSA) is 84.5 Å². The molecule has 2 aromatic carbocycles. The summed E-state index contributed by atoms with van der Waals surface area (Å²) in [4.78, 5) is 12.7. The summed E-state index contributed by atoms with van der Waals surface area (Å²) < 4.78 is 33.5. The Balaban J connectivity index is 1.45. The van der Waals surface area contributed by atoms with Crippen LogP contribution in [0.25, 0.3) is 0 Å². The molecule has 0 aromatic heterocycles. The van der Waals surface area contributed by atoms with E-state index in [2.05, 4.69) is 10.0 Å². The number of carbonyl (C=O) groups excluding carboxylic acids is 1. The third-order valence-electron chi connectivity index (χ3n) is 6.44. The summed E-state index contributed by atoms with van der Waals surface area (Å²) in [6.07, 6.45) is 5.48. The van der Waals surface area contributed by atoms with Crippen molar-refractivity contribution < 1.29 is 17.9 Å². The van der Waals surface area contributed by atoms with Crippen LogP contribution in [0.5, 0.6) is 5.75 Å². The van der Waals surface area contributed by atoms with Crippen molar-refractivity contribution in [2.75, 3.05) is 17.1 Å². The minimum absolute atomic E-state index is 0.0390. The number of ether oxygens (including phenoxy) is 1. The Morgan fingerprint density at radius 2 is 1.80 bits per heavy atom. The molecule has 160 valence electrons. The van der Waals surface area contributed by atoms with Gasteiger partial charge in [0.2, 0.25) is 5.91 Å². The van der Waals surface area contributed by atoms with E-state index in [0.29, 0.717) is 40.9 Å². The molecule has 0 radical (unpaired) electrons. The number of sulfonamides is 1. The Morgan fingerprint density at radius 3 is 2.43 bits per heavy atom.